The smallest absolute Gasteiger partial charge is 0.234 e. The predicted molar refractivity (Wildman–Crippen MR) is 119 cm³/mol. The molecule has 2 aromatic carbocycles. The van der Waals surface area contributed by atoms with Gasteiger partial charge in [-0.3, -0.25) is 4.79 Å². The summed E-state index contributed by atoms with van der Waals surface area (Å²) in [6.45, 7) is 2.33. The number of hydrogen-bond acceptors (Lipinski definition) is 6. The summed E-state index contributed by atoms with van der Waals surface area (Å²) in [5, 5.41) is 11.9. The molecule has 0 saturated carbocycles. The second-order valence-corrected chi connectivity index (χ2v) is 9.87. The van der Waals surface area contributed by atoms with Gasteiger partial charge in [-0.15, -0.1) is 10.2 Å². The van der Waals surface area contributed by atoms with Crippen molar-refractivity contribution in [2.24, 2.45) is 0 Å². The average Bonchev–Trinajstić information content (AvgIpc) is 3.11. The van der Waals surface area contributed by atoms with E-state index in [4.69, 9.17) is 23.2 Å². The molecule has 0 spiro atoms. The standard InChI is InChI=1S/C19H18Cl2N4O3S2/c1-2-25-16(12-30(27,28)13-7-4-3-5-8-13)23-24-19(25)29-11-17(26)22-15-10-6-9-14(20)18(15)21/h3-10H,2,11-12H2,1H3,(H,22,26). The number of sulfone groups is 1. The minimum atomic E-state index is -3.55. The molecule has 0 fully saturated rings. The molecule has 0 atom stereocenters. The van der Waals surface area contributed by atoms with Crippen molar-refractivity contribution in [3.63, 3.8) is 0 Å². The first kappa shape index (κ1) is 22.6. The fraction of sp³-hybridized carbons (Fsp3) is 0.211. The third-order valence-corrected chi connectivity index (χ3v) is 7.50. The molecule has 0 aliphatic carbocycles. The van der Waals surface area contributed by atoms with Gasteiger partial charge in [0.25, 0.3) is 0 Å². The lowest BCUT2D eigenvalue weighted by atomic mass is 10.3. The number of rotatable bonds is 8. The van der Waals surface area contributed by atoms with E-state index < -0.39 is 9.84 Å². The maximum absolute atomic E-state index is 12.6. The predicted octanol–water partition coefficient (Wildman–Crippen LogP) is 4.31. The number of anilines is 1. The molecule has 0 aliphatic rings. The summed E-state index contributed by atoms with van der Waals surface area (Å²) >= 11 is 13.2. The number of hydrogen-bond donors (Lipinski definition) is 1. The monoisotopic (exact) mass is 484 g/mol. The largest absolute Gasteiger partial charge is 0.324 e. The zero-order valence-electron chi connectivity index (χ0n) is 15.9. The van der Waals surface area contributed by atoms with Gasteiger partial charge in [-0.25, -0.2) is 8.42 Å². The molecule has 1 amide bonds. The van der Waals surface area contributed by atoms with Gasteiger partial charge in [-0.1, -0.05) is 59.2 Å². The number of nitrogens with zero attached hydrogens (tertiary/aromatic N) is 3. The molecule has 0 unspecified atom stereocenters. The lowest BCUT2D eigenvalue weighted by Gasteiger charge is -2.09. The molecule has 7 nitrogen and oxygen atoms in total. The second kappa shape index (κ2) is 9.82. The van der Waals surface area contributed by atoms with E-state index in [1.54, 1.807) is 53.1 Å². The van der Waals surface area contributed by atoms with Crippen LogP contribution in [0.15, 0.2) is 58.6 Å². The molecule has 0 bridgehead atoms. The van der Waals surface area contributed by atoms with Crippen LogP contribution in [-0.4, -0.2) is 34.8 Å². The van der Waals surface area contributed by atoms with Crippen molar-refractivity contribution in [3.8, 4) is 0 Å². The first-order valence-electron chi connectivity index (χ1n) is 8.88. The summed E-state index contributed by atoms with van der Waals surface area (Å²) in [6, 6.07) is 13.1. The van der Waals surface area contributed by atoms with Crippen LogP contribution in [0.4, 0.5) is 5.69 Å². The number of amides is 1. The summed E-state index contributed by atoms with van der Waals surface area (Å²) in [5.74, 6) is -0.204. The molecule has 30 heavy (non-hydrogen) atoms. The van der Waals surface area contributed by atoms with E-state index in [2.05, 4.69) is 15.5 Å². The van der Waals surface area contributed by atoms with Crippen molar-refractivity contribution in [1.82, 2.24) is 14.8 Å². The second-order valence-electron chi connectivity index (χ2n) is 6.15. The number of aromatic nitrogens is 3. The van der Waals surface area contributed by atoms with Crippen molar-refractivity contribution in [2.75, 3.05) is 11.1 Å². The van der Waals surface area contributed by atoms with E-state index in [9.17, 15) is 13.2 Å². The van der Waals surface area contributed by atoms with Crippen LogP contribution in [0.3, 0.4) is 0 Å². The van der Waals surface area contributed by atoms with Crippen LogP contribution in [0.25, 0.3) is 0 Å². The Bertz CT molecular complexity index is 1150. The van der Waals surface area contributed by atoms with Gasteiger partial charge in [0, 0.05) is 6.54 Å². The van der Waals surface area contributed by atoms with Gasteiger partial charge in [0.05, 0.1) is 26.4 Å². The zero-order chi connectivity index (χ0) is 21.7. The molecular weight excluding hydrogens is 467 g/mol. The maximum atomic E-state index is 12.6. The van der Waals surface area contributed by atoms with Gasteiger partial charge in [0.2, 0.25) is 5.91 Å². The Balaban J connectivity index is 1.68. The Kier molecular flexibility index (Phi) is 7.41. The number of carbonyl (C=O) groups excluding carboxylic acids is 1. The van der Waals surface area contributed by atoms with Crippen molar-refractivity contribution in [3.05, 3.63) is 64.4 Å². The molecule has 0 radical (unpaired) electrons. The van der Waals surface area contributed by atoms with Crippen LogP contribution in [0, 0.1) is 0 Å². The molecule has 3 aromatic rings. The normalized spacial score (nSPS) is 11.4. The van der Waals surface area contributed by atoms with Gasteiger partial charge in [-0.2, -0.15) is 0 Å². The van der Waals surface area contributed by atoms with Gasteiger partial charge >= 0.3 is 0 Å². The number of nitrogens with one attached hydrogen (secondary N) is 1. The Hall–Kier alpha value is -2.07. The van der Waals surface area contributed by atoms with Crippen LogP contribution < -0.4 is 5.32 Å². The Labute approximate surface area is 188 Å². The number of thioether (sulfide) groups is 1. The molecule has 1 heterocycles. The van der Waals surface area contributed by atoms with Gasteiger partial charge in [-0.05, 0) is 31.2 Å². The number of carbonyl (C=O) groups is 1. The first-order valence-corrected chi connectivity index (χ1v) is 12.3. The van der Waals surface area contributed by atoms with Gasteiger partial charge in [0.1, 0.15) is 11.6 Å². The van der Waals surface area contributed by atoms with Crippen molar-refractivity contribution >= 4 is 56.4 Å². The Morgan fingerprint density at radius 2 is 1.83 bits per heavy atom. The molecule has 3 rings (SSSR count). The van der Waals surface area contributed by atoms with E-state index in [1.807, 2.05) is 6.92 Å². The highest BCUT2D eigenvalue weighted by Gasteiger charge is 2.21. The van der Waals surface area contributed by atoms with Gasteiger partial charge < -0.3 is 9.88 Å². The molecule has 0 aliphatic heterocycles. The third-order valence-electron chi connectivity index (χ3n) is 4.09. The lowest BCUT2D eigenvalue weighted by Crippen LogP contribution is -2.15. The topological polar surface area (TPSA) is 93.9 Å². The number of benzene rings is 2. The van der Waals surface area contributed by atoms with E-state index in [-0.39, 0.29) is 27.3 Å². The lowest BCUT2D eigenvalue weighted by molar-refractivity contribution is -0.113. The van der Waals surface area contributed by atoms with E-state index >= 15 is 0 Å². The zero-order valence-corrected chi connectivity index (χ0v) is 19.0. The van der Waals surface area contributed by atoms with Crippen LogP contribution in [-0.2, 0) is 26.9 Å². The van der Waals surface area contributed by atoms with E-state index in [1.165, 1.54) is 0 Å². The molecule has 1 aromatic heterocycles. The highest BCUT2D eigenvalue weighted by Crippen LogP contribution is 2.30. The summed E-state index contributed by atoms with van der Waals surface area (Å²) in [7, 11) is -3.55. The highest BCUT2D eigenvalue weighted by molar-refractivity contribution is 7.99. The van der Waals surface area contributed by atoms with Crippen molar-refractivity contribution < 1.29 is 13.2 Å². The summed E-state index contributed by atoms with van der Waals surface area (Å²) in [5.41, 5.74) is 0.418. The van der Waals surface area contributed by atoms with Crippen LogP contribution >= 0.6 is 35.0 Å². The third kappa shape index (κ3) is 5.34. The average molecular weight is 485 g/mol. The molecular formula is C19H18Cl2N4O3S2. The molecule has 0 saturated heterocycles. The number of halogens is 2. The quantitative estimate of drug-likeness (QED) is 0.478. The fourth-order valence-corrected chi connectivity index (χ4v) is 5.11. The SMILES string of the molecule is CCn1c(CS(=O)(=O)c2ccccc2)nnc1SCC(=O)Nc1cccc(Cl)c1Cl. The van der Waals surface area contributed by atoms with Crippen molar-refractivity contribution in [1.29, 1.82) is 0 Å². The minimum absolute atomic E-state index is 0.0480. The van der Waals surface area contributed by atoms with E-state index in [0.717, 1.165) is 11.8 Å². The van der Waals surface area contributed by atoms with Gasteiger partial charge in [0.15, 0.2) is 15.0 Å². The molecule has 1 N–H and O–H groups in total. The molecule has 11 heteroatoms. The minimum Gasteiger partial charge on any atom is -0.324 e. The summed E-state index contributed by atoms with van der Waals surface area (Å²) in [6.07, 6.45) is 0. The summed E-state index contributed by atoms with van der Waals surface area (Å²) < 4.78 is 27.0. The maximum Gasteiger partial charge on any atom is 0.234 e. The highest BCUT2D eigenvalue weighted by atomic mass is 35.5. The first-order chi connectivity index (χ1) is 14.3. The van der Waals surface area contributed by atoms with Crippen LogP contribution in [0.5, 0.6) is 0 Å². The van der Waals surface area contributed by atoms with E-state index in [0.29, 0.717) is 28.2 Å². The summed E-state index contributed by atoms with van der Waals surface area (Å²) in [4.78, 5) is 12.5. The Morgan fingerprint density at radius 1 is 1.10 bits per heavy atom. The molecule has 158 valence electrons. The van der Waals surface area contributed by atoms with Crippen molar-refractivity contribution in [2.45, 2.75) is 29.3 Å². The Morgan fingerprint density at radius 3 is 2.53 bits per heavy atom. The van der Waals surface area contributed by atoms with Crippen LogP contribution in [0.2, 0.25) is 10.0 Å². The fourth-order valence-electron chi connectivity index (χ4n) is 2.65. The van der Waals surface area contributed by atoms with Crippen LogP contribution in [0.1, 0.15) is 12.7 Å².